The van der Waals surface area contributed by atoms with Crippen molar-refractivity contribution in [2.24, 2.45) is 12.8 Å². The molecular weight excluding hydrogens is 292 g/mol. The molecule has 0 radical (unpaired) electrons. The number of carbonyl (C=O) groups excluding carboxylic acids is 2. The van der Waals surface area contributed by atoms with Gasteiger partial charge < -0.3 is 16.2 Å². The van der Waals surface area contributed by atoms with Crippen LogP contribution in [0.4, 0.5) is 5.69 Å². The van der Waals surface area contributed by atoms with E-state index in [4.69, 9.17) is 10.8 Å². The topological polar surface area (TPSA) is 145 Å². The molecule has 0 aliphatic carbocycles. The Kier molecular flexibility index (Phi) is 3.93. The second kappa shape index (κ2) is 5.68. The molecule has 0 aliphatic rings. The van der Waals surface area contributed by atoms with Crippen LogP contribution in [0.5, 0.6) is 0 Å². The third-order valence-corrected chi connectivity index (χ3v) is 3.02. The molecule has 0 bridgehead atoms. The summed E-state index contributed by atoms with van der Waals surface area (Å²) >= 11 is 0. The van der Waals surface area contributed by atoms with Crippen molar-refractivity contribution >= 4 is 23.5 Å². The Morgan fingerprint density at radius 3 is 2.68 bits per heavy atom. The van der Waals surface area contributed by atoms with Gasteiger partial charge in [-0.15, -0.1) is 0 Å². The summed E-state index contributed by atoms with van der Waals surface area (Å²) in [7, 11) is 1.51. The molecule has 0 saturated carbocycles. The maximum absolute atomic E-state index is 12.1. The van der Waals surface area contributed by atoms with Crippen LogP contribution in [0.25, 0.3) is 0 Å². The largest absolute Gasteiger partial charge is 0.480 e. The van der Waals surface area contributed by atoms with Crippen LogP contribution in [0.3, 0.4) is 0 Å². The van der Waals surface area contributed by atoms with Gasteiger partial charge >= 0.3 is 5.97 Å². The first-order valence-corrected chi connectivity index (χ1v) is 6.22. The average molecular weight is 306 g/mol. The number of primary amides is 1. The van der Waals surface area contributed by atoms with Crippen molar-refractivity contribution < 1.29 is 19.5 Å². The van der Waals surface area contributed by atoms with E-state index in [2.05, 4.69) is 15.5 Å². The van der Waals surface area contributed by atoms with E-state index in [1.807, 2.05) is 0 Å². The lowest BCUT2D eigenvalue weighted by molar-refractivity contribution is -0.140. The Labute approximate surface area is 124 Å². The van der Waals surface area contributed by atoms with Crippen LogP contribution >= 0.6 is 0 Å². The number of hydrogen-bond donors (Lipinski definition) is 3. The summed E-state index contributed by atoms with van der Waals surface area (Å²) < 4.78 is 2.39. The summed E-state index contributed by atoms with van der Waals surface area (Å²) in [6.07, 6.45) is 2.67. The fourth-order valence-electron chi connectivity index (χ4n) is 1.80. The minimum Gasteiger partial charge on any atom is -0.480 e. The van der Waals surface area contributed by atoms with Crippen molar-refractivity contribution in [3.63, 3.8) is 0 Å². The maximum Gasteiger partial charge on any atom is 0.328 e. The second-order valence-electron chi connectivity index (χ2n) is 4.54. The first kappa shape index (κ1) is 15.2. The summed E-state index contributed by atoms with van der Waals surface area (Å²) in [5.41, 5.74) is 5.42. The van der Waals surface area contributed by atoms with Gasteiger partial charge in [-0.3, -0.25) is 19.0 Å². The number of amides is 2. The molecule has 2 aromatic heterocycles. The lowest BCUT2D eigenvalue weighted by Gasteiger charge is -2.06. The highest BCUT2D eigenvalue weighted by Gasteiger charge is 2.20. The number of hydrogen-bond acceptors (Lipinski definition) is 5. The number of anilines is 1. The maximum atomic E-state index is 12.1. The number of nitrogens with zero attached hydrogens (tertiary/aromatic N) is 4. The number of carboxylic acids is 1. The Bertz CT molecular complexity index is 747. The van der Waals surface area contributed by atoms with E-state index in [9.17, 15) is 14.4 Å². The Balaban J connectivity index is 2.20. The first-order chi connectivity index (χ1) is 10.3. The molecule has 10 heteroatoms. The predicted molar refractivity (Wildman–Crippen MR) is 74.3 cm³/mol. The Hall–Kier alpha value is -3.17. The quantitative estimate of drug-likeness (QED) is 0.686. The Morgan fingerprint density at radius 2 is 2.09 bits per heavy atom. The lowest BCUT2D eigenvalue weighted by Crippen LogP contribution is -2.21. The summed E-state index contributed by atoms with van der Waals surface area (Å²) in [5, 5.41) is 19.1. The third-order valence-electron chi connectivity index (χ3n) is 3.02. The van der Waals surface area contributed by atoms with Crippen LogP contribution in [0.2, 0.25) is 0 Å². The predicted octanol–water partition coefficient (Wildman–Crippen LogP) is -0.387. The number of carboxylic acid groups (broad SMARTS) is 1. The molecule has 2 rings (SSSR count). The molecular formula is C12H14N6O4. The van der Waals surface area contributed by atoms with Crippen LogP contribution in [0, 0.1) is 0 Å². The van der Waals surface area contributed by atoms with E-state index in [1.54, 1.807) is 0 Å². The van der Waals surface area contributed by atoms with Crippen molar-refractivity contribution in [3.8, 4) is 0 Å². The molecule has 1 unspecified atom stereocenters. The summed E-state index contributed by atoms with van der Waals surface area (Å²) in [6, 6.07) is 0.468. The van der Waals surface area contributed by atoms with Gasteiger partial charge in [-0.05, 0) is 13.0 Å². The molecule has 0 aliphatic heterocycles. The first-order valence-electron chi connectivity index (χ1n) is 6.22. The fourth-order valence-corrected chi connectivity index (χ4v) is 1.80. The highest BCUT2D eigenvalue weighted by atomic mass is 16.4. The van der Waals surface area contributed by atoms with Crippen LogP contribution in [-0.2, 0) is 11.8 Å². The molecule has 0 aromatic carbocycles. The Morgan fingerprint density at radius 1 is 1.41 bits per heavy atom. The van der Waals surface area contributed by atoms with Gasteiger partial charge in [0.05, 0.1) is 11.9 Å². The second-order valence-corrected chi connectivity index (χ2v) is 4.54. The standard InChI is InChI=1S/C12H14N6O4/c1-6(12(21)22)18-4-3-7(16-18)11(20)15-8-5-14-17(2)9(8)10(13)19/h3-6H,1-2H3,(H2,13,19)(H,15,20)(H,21,22). The highest BCUT2D eigenvalue weighted by molar-refractivity contribution is 6.07. The molecule has 116 valence electrons. The zero-order valence-corrected chi connectivity index (χ0v) is 11.8. The molecule has 0 spiro atoms. The smallest absolute Gasteiger partial charge is 0.328 e. The number of aromatic nitrogens is 4. The number of carbonyl (C=O) groups is 3. The molecule has 4 N–H and O–H groups in total. The molecule has 0 fully saturated rings. The number of aliphatic carboxylic acids is 1. The van der Waals surface area contributed by atoms with E-state index in [0.717, 1.165) is 4.68 Å². The third kappa shape index (κ3) is 2.80. The van der Waals surface area contributed by atoms with Gasteiger partial charge in [-0.1, -0.05) is 0 Å². The molecule has 10 nitrogen and oxygen atoms in total. The van der Waals surface area contributed by atoms with Crippen LogP contribution in [-0.4, -0.2) is 42.5 Å². The van der Waals surface area contributed by atoms with Gasteiger partial charge in [0.15, 0.2) is 5.69 Å². The minimum absolute atomic E-state index is 0.00683. The number of nitrogens with one attached hydrogen (secondary N) is 1. The van der Waals surface area contributed by atoms with Gasteiger partial charge in [0.1, 0.15) is 11.7 Å². The molecule has 2 amide bonds. The zero-order valence-electron chi connectivity index (χ0n) is 11.8. The molecule has 2 aromatic rings. The van der Waals surface area contributed by atoms with E-state index in [0.29, 0.717) is 0 Å². The van der Waals surface area contributed by atoms with Gasteiger partial charge in [0.25, 0.3) is 11.8 Å². The normalized spacial score (nSPS) is 11.9. The van der Waals surface area contributed by atoms with Gasteiger partial charge in [-0.25, -0.2) is 4.79 Å². The van der Waals surface area contributed by atoms with Crippen molar-refractivity contribution in [1.29, 1.82) is 0 Å². The average Bonchev–Trinajstić information content (AvgIpc) is 3.04. The van der Waals surface area contributed by atoms with Crippen LogP contribution in [0.15, 0.2) is 18.5 Å². The van der Waals surface area contributed by atoms with Gasteiger partial charge in [0, 0.05) is 13.2 Å². The SMILES string of the molecule is CC(C(=O)O)n1ccc(C(=O)Nc2cnn(C)c2C(N)=O)n1. The highest BCUT2D eigenvalue weighted by Crippen LogP contribution is 2.15. The summed E-state index contributed by atoms with van der Waals surface area (Å²) in [5.74, 6) is -2.41. The van der Waals surface area contributed by atoms with Gasteiger partial charge in [-0.2, -0.15) is 10.2 Å². The van der Waals surface area contributed by atoms with E-state index < -0.39 is 23.8 Å². The fraction of sp³-hybridized carbons (Fsp3) is 0.250. The number of rotatable bonds is 5. The van der Waals surface area contributed by atoms with Crippen molar-refractivity contribution in [3.05, 3.63) is 29.8 Å². The number of aryl methyl sites for hydroxylation is 1. The number of nitrogens with two attached hydrogens (primary N) is 1. The molecule has 0 saturated heterocycles. The minimum atomic E-state index is -1.07. The monoisotopic (exact) mass is 306 g/mol. The van der Waals surface area contributed by atoms with E-state index in [-0.39, 0.29) is 17.1 Å². The molecule has 22 heavy (non-hydrogen) atoms. The lowest BCUT2D eigenvalue weighted by atomic mass is 10.3. The van der Waals surface area contributed by atoms with Crippen molar-refractivity contribution in [1.82, 2.24) is 19.6 Å². The van der Waals surface area contributed by atoms with Crippen LogP contribution < -0.4 is 11.1 Å². The van der Waals surface area contributed by atoms with Gasteiger partial charge in [0.2, 0.25) is 0 Å². The summed E-state index contributed by atoms with van der Waals surface area (Å²) in [6.45, 7) is 1.43. The van der Waals surface area contributed by atoms with Crippen LogP contribution in [0.1, 0.15) is 33.9 Å². The summed E-state index contributed by atoms with van der Waals surface area (Å²) in [4.78, 5) is 34.3. The van der Waals surface area contributed by atoms with E-state index >= 15 is 0 Å². The molecule has 1 atom stereocenters. The van der Waals surface area contributed by atoms with Crippen molar-refractivity contribution in [2.45, 2.75) is 13.0 Å². The zero-order chi connectivity index (χ0) is 16.4. The molecule has 2 heterocycles. The van der Waals surface area contributed by atoms with E-state index in [1.165, 1.54) is 37.1 Å². The van der Waals surface area contributed by atoms with Crippen molar-refractivity contribution in [2.75, 3.05) is 5.32 Å².